The smallest absolute Gasteiger partial charge is 0.304 e. The summed E-state index contributed by atoms with van der Waals surface area (Å²) in [6.07, 6.45) is 14.1. The standard InChI is InChI=1S/C34H38N6O8/c41-15-21-5-25(29(45)37-9-21)13-35-19-33(7-23(17-43)11-39-31(33)47)27-3-1-2-4-28(27)34(8-24(18-44)12-40-32(34)48)20-36-14-26-6-22(16-42)10-38-30(26)46/h5-6,9-14,19-20,27-28,41-44H,1-4,7-8,15-18H2,(H2,39,40,47,48)/p+2. The van der Waals surface area contributed by atoms with E-state index in [4.69, 9.17) is 0 Å². The van der Waals surface area contributed by atoms with Crippen LogP contribution in [0.15, 0.2) is 57.7 Å². The minimum Gasteiger partial charge on any atom is -0.392 e. The molecule has 5 rings (SSSR count). The minimum absolute atomic E-state index is 0.105. The third kappa shape index (κ3) is 6.85. The molecule has 252 valence electrons. The molecule has 0 aromatic carbocycles. The minimum atomic E-state index is -1.35. The number of aliphatic hydroxyl groups excluding tert-OH is 4. The third-order valence-electron chi connectivity index (χ3n) is 9.58. The highest BCUT2D eigenvalue weighted by molar-refractivity contribution is 6.03. The van der Waals surface area contributed by atoms with E-state index in [1.54, 1.807) is 0 Å². The molecule has 3 aliphatic rings. The molecule has 1 saturated carbocycles. The van der Waals surface area contributed by atoms with Crippen molar-refractivity contribution in [3.8, 4) is 0 Å². The Morgan fingerprint density at radius 2 is 1.08 bits per heavy atom. The van der Waals surface area contributed by atoms with Gasteiger partial charge in [0.2, 0.25) is 11.8 Å². The van der Waals surface area contributed by atoms with Gasteiger partial charge in [0.15, 0.2) is 10.8 Å². The Morgan fingerprint density at radius 1 is 0.667 bits per heavy atom. The summed E-state index contributed by atoms with van der Waals surface area (Å²) >= 11 is 0. The second-order valence-electron chi connectivity index (χ2n) is 12.5. The first-order valence-corrected chi connectivity index (χ1v) is 15.8. The Morgan fingerprint density at radius 3 is 1.46 bits per heavy atom. The summed E-state index contributed by atoms with van der Waals surface area (Å²) in [4.78, 5) is 58.1. The SMILES string of the molecule is O=C1NC=C(CO)CC1(C=[N+]=Cc1cc(CO)c[nH]c1=O)C1CCCCC1C1(C=[N+]=Cc2cc(CO)c[nH]c2=O)CC(CO)=CNC1=O. The van der Waals surface area contributed by atoms with Crippen molar-refractivity contribution in [1.82, 2.24) is 29.9 Å². The van der Waals surface area contributed by atoms with Gasteiger partial charge < -0.3 is 41.0 Å². The first kappa shape index (κ1) is 34.4. The van der Waals surface area contributed by atoms with Gasteiger partial charge in [-0.2, -0.15) is 0 Å². The molecule has 2 aromatic heterocycles. The number of nitrogens with zero attached hydrogens (tertiary/aromatic N) is 2. The largest absolute Gasteiger partial charge is 0.392 e. The number of carbonyl (C=O) groups is 2. The maximum Gasteiger partial charge on any atom is 0.304 e. The van der Waals surface area contributed by atoms with Crippen LogP contribution in [-0.4, -0.2) is 80.3 Å². The predicted octanol–water partition coefficient (Wildman–Crippen LogP) is -1.57. The molecule has 14 heteroatoms. The number of nitrogens with one attached hydrogen (secondary N) is 4. The van der Waals surface area contributed by atoms with E-state index >= 15 is 0 Å². The van der Waals surface area contributed by atoms with Gasteiger partial charge in [-0.1, -0.05) is 12.8 Å². The topological polar surface area (TPSA) is 233 Å². The number of H-pyrrole nitrogens is 2. The summed E-state index contributed by atoms with van der Waals surface area (Å²) < 4.78 is 8.95. The van der Waals surface area contributed by atoms with E-state index in [2.05, 4.69) is 29.9 Å². The highest BCUT2D eigenvalue weighted by atomic mass is 16.3. The Hall–Kier alpha value is -4.94. The molecule has 0 bridgehead atoms. The number of aromatic amines is 2. The second-order valence-corrected chi connectivity index (χ2v) is 12.5. The summed E-state index contributed by atoms with van der Waals surface area (Å²) in [6, 6.07) is 2.98. The molecule has 1 aliphatic carbocycles. The molecule has 4 atom stereocenters. The number of aliphatic hydroxyl groups is 4. The van der Waals surface area contributed by atoms with Crippen LogP contribution in [0.1, 0.15) is 60.8 Å². The normalized spacial score (nSPS) is 25.3. The average Bonchev–Trinajstić information content (AvgIpc) is 3.11. The lowest BCUT2D eigenvalue weighted by atomic mass is 9.53. The van der Waals surface area contributed by atoms with Gasteiger partial charge in [0, 0.05) is 24.8 Å². The van der Waals surface area contributed by atoms with Crippen molar-refractivity contribution < 1.29 is 30.0 Å². The van der Waals surface area contributed by atoms with Crippen molar-refractivity contribution in [3.63, 3.8) is 0 Å². The average molecular weight is 661 g/mol. The number of hydrogen-bond acceptors (Lipinski definition) is 8. The third-order valence-corrected chi connectivity index (χ3v) is 9.58. The van der Waals surface area contributed by atoms with Crippen molar-refractivity contribution in [1.29, 1.82) is 0 Å². The van der Waals surface area contributed by atoms with Crippen LogP contribution < -0.4 is 31.1 Å². The molecule has 0 saturated heterocycles. The summed E-state index contributed by atoms with van der Waals surface area (Å²) in [5.74, 6) is -1.80. The van der Waals surface area contributed by atoms with Crippen LogP contribution in [0.3, 0.4) is 0 Å². The van der Waals surface area contributed by atoms with Gasteiger partial charge in [0.25, 0.3) is 23.5 Å². The molecule has 0 spiro atoms. The van der Waals surface area contributed by atoms with Crippen molar-refractivity contribution in [2.75, 3.05) is 13.2 Å². The Labute approximate surface area is 275 Å². The quantitative estimate of drug-likeness (QED) is 0.109. The van der Waals surface area contributed by atoms with Gasteiger partial charge in [-0.3, -0.25) is 19.2 Å². The molecule has 0 radical (unpaired) electrons. The molecule has 4 unspecified atom stereocenters. The molecule has 8 N–H and O–H groups in total. The maximum atomic E-state index is 14.0. The van der Waals surface area contributed by atoms with Crippen molar-refractivity contribution in [3.05, 3.63) is 91.0 Å². The van der Waals surface area contributed by atoms with Gasteiger partial charge in [0.1, 0.15) is 11.1 Å². The van der Waals surface area contributed by atoms with E-state index in [9.17, 15) is 39.6 Å². The summed E-state index contributed by atoms with van der Waals surface area (Å²) in [7, 11) is 0. The van der Waals surface area contributed by atoms with Crippen molar-refractivity contribution in [2.45, 2.75) is 51.7 Å². The molecule has 2 amide bonds. The summed E-state index contributed by atoms with van der Waals surface area (Å²) in [5, 5.41) is 44.9. The zero-order chi connectivity index (χ0) is 34.3. The van der Waals surface area contributed by atoms with Crippen LogP contribution in [0, 0.1) is 22.7 Å². The summed E-state index contributed by atoms with van der Waals surface area (Å²) in [6.45, 7) is -1.24. The lowest BCUT2D eigenvalue weighted by Crippen LogP contribution is -2.59. The molecular formula is C34H40N6O8+2. The fraction of sp³-hybridized carbons (Fsp3) is 0.412. The van der Waals surface area contributed by atoms with Crippen LogP contribution in [0.2, 0.25) is 0 Å². The second kappa shape index (κ2) is 14.9. The van der Waals surface area contributed by atoms with Gasteiger partial charge in [-0.15, -0.1) is 9.34 Å². The van der Waals surface area contributed by atoms with Crippen molar-refractivity contribution >= 4 is 36.7 Å². The molecule has 2 aromatic rings. The van der Waals surface area contributed by atoms with E-state index in [-0.39, 0.29) is 62.2 Å². The van der Waals surface area contributed by atoms with Crippen LogP contribution in [-0.2, 0) is 22.8 Å². The Bertz CT molecular complexity index is 1740. The van der Waals surface area contributed by atoms with Crippen LogP contribution in [0.4, 0.5) is 0 Å². The van der Waals surface area contributed by atoms with E-state index in [1.807, 2.05) is 0 Å². The number of rotatable bonds is 10. The number of pyridine rings is 2. The van der Waals surface area contributed by atoms with Crippen LogP contribution >= 0.6 is 0 Å². The Kier molecular flexibility index (Phi) is 10.7. The fourth-order valence-electron chi connectivity index (χ4n) is 7.16. The first-order chi connectivity index (χ1) is 23.2. The molecular weight excluding hydrogens is 620 g/mol. The van der Waals surface area contributed by atoms with Gasteiger partial charge in [-0.25, -0.2) is 0 Å². The van der Waals surface area contributed by atoms with Crippen molar-refractivity contribution in [2.24, 2.45) is 22.7 Å². The van der Waals surface area contributed by atoms with E-state index < -0.39 is 33.8 Å². The number of aromatic nitrogens is 2. The number of amides is 2. The highest BCUT2D eigenvalue weighted by Crippen LogP contribution is 2.53. The summed E-state index contributed by atoms with van der Waals surface area (Å²) in [5.41, 5.74) is -1.19. The van der Waals surface area contributed by atoms with Gasteiger partial charge in [0.05, 0.1) is 26.4 Å². The van der Waals surface area contributed by atoms with Gasteiger partial charge >= 0.3 is 12.4 Å². The van der Waals surface area contributed by atoms with E-state index in [1.165, 1.54) is 61.8 Å². The van der Waals surface area contributed by atoms with Crippen LogP contribution in [0.25, 0.3) is 0 Å². The Balaban J connectivity index is 1.67. The molecule has 1 fully saturated rings. The molecule has 2 aliphatic heterocycles. The maximum absolute atomic E-state index is 14.0. The molecule has 14 nitrogen and oxygen atoms in total. The highest BCUT2D eigenvalue weighted by Gasteiger charge is 2.61. The number of hydrogen-bond donors (Lipinski definition) is 8. The lowest BCUT2D eigenvalue weighted by Gasteiger charge is -2.48. The zero-order valence-electron chi connectivity index (χ0n) is 26.3. The van der Waals surface area contributed by atoms with Gasteiger partial charge in [-0.05, 0) is 71.9 Å². The molecule has 4 heterocycles. The van der Waals surface area contributed by atoms with E-state index in [0.29, 0.717) is 35.1 Å². The molecule has 48 heavy (non-hydrogen) atoms. The fourth-order valence-corrected chi connectivity index (χ4v) is 7.16. The predicted molar refractivity (Wildman–Crippen MR) is 179 cm³/mol. The van der Waals surface area contributed by atoms with E-state index in [0.717, 1.165) is 12.8 Å². The first-order valence-electron chi connectivity index (χ1n) is 15.8. The zero-order valence-corrected chi connectivity index (χ0v) is 26.3. The number of carbonyl (C=O) groups excluding carboxylic acids is 2. The lowest BCUT2D eigenvalue weighted by molar-refractivity contribution is -0.138. The monoisotopic (exact) mass is 660 g/mol. The van der Waals surface area contributed by atoms with Crippen LogP contribution in [0.5, 0.6) is 0 Å².